The average Bonchev–Trinajstić information content (AvgIpc) is 1.61. The van der Waals surface area contributed by atoms with Crippen molar-refractivity contribution in [1.29, 1.82) is 0 Å². The van der Waals surface area contributed by atoms with Gasteiger partial charge in [-0.15, -0.1) is 12.6 Å². The fourth-order valence-corrected chi connectivity index (χ4v) is 0. The van der Waals surface area contributed by atoms with E-state index in [0.717, 1.165) is 0 Å². The van der Waals surface area contributed by atoms with Gasteiger partial charge in [-0.2, -0.15) is 8.42 Å². The number of rotatable bonds is 0. The Hall–Kier alpha value is -0.240. The quantitative estimate of drug-likeness (QED) is 0.297. The SMILES string of the molecule is NC=CS.O=S(=O)(O)O. The second kappa shape index (κ2) is 5.89. The van der Waals surface area contributed by atoms with Gasteiger partial charge in [0, 0.05) is 0 Å². The smallest absolute Gasteiger partial charge is 0.394 e. The number of nitrogens with two attached hydrogens (primary N) is 1. The Morgan fingerprint density at radius 1 is 1.44 bits per heavy atom. The maximum Gasteiger partial charge on any atom is 0.394 e. The van der Waals surface area contributed by atoms with Gasteiger partial charge in [0.1, 0.15) is 0 Å². The predicted molar refractivity (Wildman–Crippen MR) is 36.5 cm³/mol. The Bertz CT molecular complexity index is 147. The standard InChI is InChI=1S/C2H5NS.H2O4S/c3-1-2-4;1-5(2,3)4/h1-2,4H,3H2;(H2,1,2,3,4). The number of thiol groups is 1. The van der Waals surface area contributed by atoms with Crippen molar-refractivity contribution in [1.82, 2.24) is 0 Å². The van der Waals surface area contributed by atoms with Crippen LogP contribution in [0.3, 0.4) is 0 Å². The van der Waals surface area contributed by atoms with E-state index in [2.05, 4.69) is 12.6 Å². The molecule has 9 heavy (non-hydrogen) atoms. The van der Waals surface area contributed by atoms with Crippen molar-refractivity contribution in [3.8, 4) is 0 Å². The van der Waals surface area contributed by atoms with E-state index in [1.807, 2.05) is 0 Å². The summed E-state index contributed by atoms with van der Waals surface area (Å²) in [7, 11) is -4.67. The first-order chi connectivity index (χ1) is 3.91. The van der Waals surface area contributed by atoms with Gasteiger partial charge in [-0.25, -0.2) is 0 Å². The highest BCUT2D eigenvalue weighted by Crippen LogP contribution is 1.63. The van der Waals surface area contributed by atoms with Crippen LogP contribution in [0, 0.1) is 0 Å². The molecule has 0 unspecified atom stereocenters. The molecule has 0 amide bonds. The van der Waals surface area contributed by atoms with Gasteiger partial charge >= 0.3 is 10.4 Å². The second-order valence-corrected chi connectivity index (χ2v) is 1.98. The Morgan fingerprint density at radius 3 is 1.56 bits per heavy atom. The van der Waals surface area contributed by atoms with Gasteiger partial charge in [-0.1, -0.05) is 0 Å². The number of hydrogen-bond donors (Lipinski definition) is 4. The van der Waals surface area contributed by atoms with Gasteiger partial charge in [-0.05, 0) is 11.6 Å². The molecule has 0 atom stereocenters. The highest BCUT2D eigenvalue weighted by Gasteiger charge is 1.84. The van der Waals surface area contributed by atoms with Crippen molar-refractivity contribution in [2.45, 2.75) is 0 Å². The fourth-order valence-electron chi connectivity index (χ4n) is 0. The molecular weight excluding hydrogens is 166 g/mol. The summed E-state index contributed by atoms with van der Waals surface area (Å²) in [6.45, 7) is 0. The van der Waals surface area contributed by atoms with Gasteiger partial charge in [0.05, 0.1) is 0 Å². The predicted octanol–water partition coefficient (Wildman–Crippen LogP) is -0.307. The van der Waals surface area contributed by atoms with Crippen LogP contribution in [0.25, 0.3) is 0 Å². The lowest BCUT2D eigenvalue weighted by Crippen LogP contribution is -1.89. The summed E-state index contributed by atoms with van der Waals surface area (Å²) in [5.41, 5.74) is 4.77. The first kappa shape index (κ1) is 11.5. The summed E-state index contributed by atoms with van der Waals surface area (Å²) >= 11 is 3.61. The molecule has 0 bridgehead atoms. The van der Waals surface area contributed by atoms with E-state index in [0.29, 0.717) is 0 Å². The van der Waals surface area contributed by atoms with Crippen molar-refractivity contribution >= 4 is 23.0 Å². The van der Waals surface area contributed by atoms with Gasteiger partial charge in [0.2, 0.25) is 0 Å². The maximum atomic E-state index is 8.74. The van der Waals surface area contributed by atoms with Crippen LogP contribution in [0.4, 0.5) is 0 Å². The third kappa shape index (κ3) is 446. The Labute approximate surface area is 58.5 Å². The van der Waals surface area contributed by atoms with Crippen LogP contribution >= 0.6 is 12.6 Å². The summed E-state index contributed by atoms with van der Waals surface area (Å²) in [4.78, 5) is 0. The highest BCUT2D eigenvalue weighted by atomic mass is 32.3. The van der Waals surface area contributed by atoms with E-state index >= 15 is 0 Å². The topological polar surface area (TPSA) is 101 Å². The van der Waals surface area contributed by atoms with Crippen molar-refractivity contribution in [3.05, 3.63) is 11.6 Å². The molecular formula is C2H7NO4S2. The van der Waals surface area contributed by atoms with Crippen molar-refractivity contribution < 1.29 is 17.5 Å². The van der Waals surface area contributed by atoms with Crippen LogP contribution in [-0.4, -0.2) is 17.5 Å². The molecule has 0 aromatic carbocycles. The lowest BCUT2D eigenvalue weighted by Gasteiger charge is -1.68. The summed E-state index contributed by atoms with van der Waals surface area (Å²) in [6.07, 6.45) is 1.36. The zero-order valence-corrected chi connectivity index (χ0v) is 6.01. The third-order valence-corrected chi connectivity index (χ3v) is 0.258. The van der Waals surface area contributed by atoms with Gasteiger partial charge in [0.15, 0.2) is 0 Å². The lowest BCUT2D eigenvalue weighted by molar-refractivity contribution is 0.381. The van der Waals surface area contributed by atoms with Crippen LogP contribution in [0.2, 0.25) is 0 Å². The van der Waals surface area contributed by atoms with E-state index in [4.69, 9.17) is 23.3 Å². The highest BCUT2D eigenvalue weighted by molar-refractivity contribution is 7.83. The van der Waals surface area contributed by atoms with Crippen molar-refractivity contribution in [2.75, 3.05) is 0 Å². The van der Waals surface area contributed by atoms with Crippen LogP contribution in [-0.2, 0) is 10.4 Å². The minimum absolute atomic E-state index is 1.36. The summed E-state index contributed by atoms with van der Waals surface area (Å²) in [6, 6.07) is 0. The van der Waals surface area contributed by atoms with E-state index in [1.54, 1.807) is 0 Å². The molecule has 0 saturated carbocycles. The van der Waals surface area contributed by atoms with Crippen LogP contribution in [0.5, 0.6) is 0 Å². The summed E-state index contributed by atoms with van der Waals surface area (Å²) in [5, 5.41) is 1.47. The first-order valence-electron chi connectivity index (χ1n) is 1.62. The molecule has 0 spiro atoms. The Kier molecular flexibility index (Phi) is 7.55. The number of hydrogen-bond acceptors (Lipinski definition) is 4. The van der Waals surface area contributed by atoms with Crippen LogP contribution in [0.1, 0.15) is 0 Å². The Balaban J connectivity index is 0. The fraction of sp³-hybridized carbons (Fsp3) is 0. The third-order valence-electron chi connectivity index (χ3n) is 0.0861. The van der Waals surface area contributed by atoms with Gasteiger partial charge in [-0.3, -0.25) is 9.11 Å². The molecule has 0 aliphatic rings. The van der Waals surface area contributed by atoms with E-state index < -0.39 is 10.4 Å². The van der Waals surface area contributed by atoms with Gasteiger partial charge in [0.25, 0.3) is 0 Å². The monoisotopic (exact) mass is 173 g/mol. The normalized spacial score (nSPS) is 10.6. The average molecular weight is 173 g/mol. The Morgan fingerprint density at radius 2 is 1.56 bits per heavy atom. The molecule has 0 aromatic rings. The minimum Gasteiger partial charge on any atom is -0.404 e. The van der Waals surface area contributed by atoms with Crippen molar-refractivity contribution in [2.24, 2.45) is 5.73 Å². The molecule has 0 radical (unpaired) electrons. The molecule has 0 aliphatic heterocycles. The summed E-state index contributed by atoms with van der Waals surface area (Å²) in [5.74, 6) is 0. The maximum absolute atomic E-state index is 8.74. The molecule has 56 valence electrons. The molecule has 0 fully saturated rings. The first-order valence-corrected chi connectivity index (χ1v) is 3.54. The van der Waals surface area contributed by atoms with Gasteiger partial charge < -0.3 is 5.73 Å². The van der Waals surface area contributed by atoms with E-state index in [1.165, 1.54) is 11.6 Å². The molecule has 0 saturated heterocycles. The van der Waals surface area contributed by atoms with Crippen LogP contribution in [0.15, 0.2) is 11.6 Å². The van der Waals surface area contributed by atoms with Crippen LogP contribution < -0.4 is 5.73 Å². The molecule has 5 nitrogen and oxygen atoms in total. The molecule has 0 rings (SSSR count). The van der Waals surface area contributed by atoms with Crippen molar-refractivity contribution in [3.63, 3.8) is 0 Å². The molecule has 0 heterocycles. The minimum atomic E-state index is -4.67. The summed E-state index contributed by atoms with van der Waals surface area (Å²) < 4.78 is 31.6. The molecule has 0 aromatic heterocycles. The molecule has 7 heteroatoms. The molecule has 4 N–H and O–H groups in total. The van der Waals surface area contributed by atoms with E-state index in [9.17, 15) is 0 Å². The zero-order chi connectivity index (χ0) is 7.91. The van der Waals surface area contributed by atoms with E-state index in [-0.39, 0.29) is 0 Å². The second-order valence-electron chi connectivity index (χ2n) is 0.789. The largest absolute Gasteiger partial charge is 0.404 e. The zero-order valence-electron chi connectivity index (χ0n) is 4.30. The molecule has 0 aliphatic carbocycles. The lowest BCUT2D eigenvalue weighted by atomic mass is 11.1.